The van der Waals surface area contributed by atoms with Crippen LogP contribution in [0.1, 0.15) is 20.8 Å². The van der Waals surface area contributed by atoms with Gasteiger partial charge >= 0.3 is 5.69 Å². The molecular formula is C10H16N4O2S. The maximum atomic E-state index is 10.8. The van der Waals surface area contributed by atoms with E-state index in [1.807, 2.05) is 6.92 Å². The number of nitro groups is 1. The summed E-state index contributed by atoms with van der Waals surface area (Å²) in [4.78, 5) is 18.4. The van der Waals surface area contributed by atoms with Crippen molar-refractivity contribution in [3.8, 4) is 0 Å². The number of hydrogen-bond donors (Lipinski definition) is 1. The summed E-state index contributed by atoms with van der Waals surface area (Å²) in [7, 11) is 0. The zero-order chi connectivity index (χ0) is 12.8. The normalized spacial score (nSPS) is 10.6. The highest BCUT2D eigenvalue weighted by atomic mass is 32.2. The first-order valence-corrected chi connectivity index (χ1v) is 6.41. The average Bonchev–Trinajstić information content (AvgIpc) is 2.26. The van der Waals surface area contributed by atoms with E-state index >= 15 is 0 Å². The van der Waals surface area contributed by atoms with Crippen molar-refractivity contribution in [2.75, 3.05) is 17.6 Å². The molecule has 1 N–H and O–H groups in total. The Balaban J connectivity index is 2.94. The van der Waals surface area contributed by atoms with Crippen LogP contribution in [0.4, 0.5) is 11.6 Å². The fourth-order valence-corrected chi connectivity index (χ4v) is 2.00. The van der Waals surface area contributed by atoms with Crippen LogP contribution in [-0.4, -0.2) is 27.2 Å². The number of anilines is 1. The van der Waals surface area contributed by atoms with Crippen LogP contribution in [0.3, 0.4) is 0 Å². The second-order valence-electron chi connectivity index (χ2n) is 3.88. The number of thioether (sulfide) groups is 1. The number of nitrogens with one attached hydrogen (secondary N) is 1. The average molecular weight is 256 g/mol. The van der Waals surface area contributed by atoms with Gasteiger partial charge in [0.2, 0.25) is 5.95 Å². The predicted octanol–water partition coefficient (Wildman–Crippen LogP) is 2.56. The quantitative estimate of drug-likeness (QED) is 0.364. The van der Waals surface area contributed by atoms with Crippen LogP contribution in [0.2, 0.25) is 0 Å². The van der Waals surface area contributed by atoms with E-state index in [1.54, 1.807) is 0 Å². The van der Waals surface area contributed by atoms with Gasteiger partial charge in [0.15, 0.2) is 5.03 Å². The Hall–Kier alpha value is -1.37. The van der Waals surface area contributed by atoms with E-state index in [2.05, 4.69) is 29.1 Å². The van der Waals surface area contributed by atoms with Gasteiger partial charge in [0, 0.05) is 12.3 Å². The molecule has 0 aliphatic heterocycles. The van der Waals surface area contributed by atoms with Crippen molar-refractivity contribution in [2.45, 2.75) is 25.8 Å². The second-order valence-corrected chi connectivity index (χ2v) is 4.88. The molecule has 0 atom stereocenters. The molecule has 1 heterocycles. The van der Waals surface area contributed by atoms with Crippen molar-refractivity contribution < 1.29 is 4.92 Å². The van der Waals surface area contributed by atoms with Gasteiger partial charge in [-0.25, -0.2) is 4.98 Å². The molecule has 94 valence electrons. The van der Waals surface area contributed by atoms with Crippen LogP contribution in [0.15, 0.2) is 11.2 Å². The van der Waals surface area contributed by atoms with Gasteiger partial charge in [0.05, 0.1) is 4.92 Å². The Kier molecular flexibility index (Phi) is 5.14. The molecule has 17 heavy (non-hydrogen) atoms. The van der Waals surface area contributed by atoms with Gasteiger partial charge < -0.3 is 5.32 Å². The lowest BCUT2D eigenvalue weighted by atomic mass is 10.3. The van der Waals surface area contributed by atoms with Crippen molar-refractivity contribution in [3.63, 3.8) is 0 Å². The smallest absolute Gasteiger partial charge is 0.319 e. The third-order valence-electron chi connectivity index (χ3n) is 1.82. The lowest BCUT2D eigenvalue weighted by molar-refractivity contribution is -0.388. The Labute approximate surface area is 104 Å². The Morgan fingerprint density at radius 1 is 1.59 bits per heavy atom. The van der Waals surface area contributed by atoms with Crippen LogP contribution in [0.5, 0.6) is 0 Å². The molecule has 0 fully saturated rings. The van der Waals surface area contributed by atoms with Crippen molar-refractivity contribution in [2.24, 2.45) is 5.92 Å². The van der Waals surface area contributed by atoms with Crippen LogP contribution in [0, 0.1) is 16.0 Å². The lowest BCUT2D eigenvalue weighted by Crippen LogP contribution is -2.05. The first-order valence-electron chi connectivity index (χ1n) is 5.42. The standard InChI is InChI=1S/C10H16N4O2S/c1-4-11-10-12-5-8(14(15)16)9(13-10)17-6-7(2)3/h5,7H,4,6H2,1-3H3,(H,11,12,13). The van der Waals surface area contributed by atoms with Gasteiger partial charge in [-0.15, -0.1) is 0 Å². The number of hydrogen-bond acceptors (Lipinski definition) is 6. The van der Waals surface area contributed by atoms with Crippen molar-refractivity contribution in [1.29, 1.82) is 0 Å². The third kappa shape index (κ3) is 4.18. The molecule has 1 aromatic rings. The highest BCUT2D eigenvalue weighted by Crippen LogP contribution is 2.28. The van der Waals surface area contributed by atoms with Gasteiger partial charge in [-0.3, -0.25) is 10.1 Å². The van der Waals surface area contributed by atoms with E-state index in [-0.39, 0.29) is 5.69 Å². The molecule has 1 rings (SSSR count). The van der Waals surface area contributed by atoms with Gasteiger partial charge in [-0.2, -0.15) is 4.98 Å². The lowest BCUT2D eigenvalue weighted by Gasteiger charge is -2.06. The Morgan fingerprint density at radius 3 is 2.82 bits per heavy atom. The van der Waals surface area contributed by atoms with E-state index < -0.39 is 4.92 Å². The highest BCUT2D eigenvalue weighted by Gasteiger charge is 2.17. The van der Waals surface area contributed by atoms with Gasteiger partial charge in [-0.05, 0) is 12.8 Å². The van der Waals surface area contributed by atoms with Gasteiger partial charge in [0.1, 0.15) is 6.20 Å². The molecule has 0 unspecified atom stereocenters. The summed E-state index contributed by atoms with van der Waals surface area (Å²) in [5.74, 6) is 1.69. The van der Waals surface area contributed by atoms with Crippen molar-refractivity contribution in [1.82, 2.24) is 9.97 Å². The topological polar surface area (TPSA) is 81.0 Å². The fraction of sp³-hybridized carbons (Fsp3) is 0.600. The number of rotatable bonds is 6. The molecule has 0 aromatic carbocycles. The van der Waals surface area contributed by atoms with Crippen molar-refractivity contribution >= 4 is 23.4 Å². The molecule has 0 spiro atoms. The molecule has 6 nitrogen and oxygen atoms in total. The van der Waals surface area contributed by atoms with Crippen LogP contribution < -0.4 is 5.32 Å². The summed E-state index contributed by atoms with van der Waals surface area (Å²) in [6, 6.07) is 0. The summed E-state index contributed by atoms with van der Waals surface area (Å²) in [6.07, 6.45) is 1.26. The maximum Gasteiger partial charge on any atom is 0.319 e. The van der Waals surface area contributed by atoms with Gasteiger partial charge in [-0.1, -0.05) is 25.6 Å². The zero-order valence-corrected chi connectivity index (χ0v) is 11.0. The van der Waals surface area contributed by atoms with Crippen LogP contribution >= 0.6 is 11.8 Å². The van der Waals surface area contributed by atoms with Crippen LogP contribution in [0.25, 0.3) is 0 Å². The highest BCUT2D eigenvalue weighted by molar-refractivity contribution is 7.99. The summed E-state index contributed by atoms with van der Waals surface area (Å²) < 4.78 is 0. The fourth-order valence-electron chi connectivity index (χ4n) is 1.08. The summed E-state index contributed by atoms with van der Waals surface area (Å²) >= 11 is 1.39. The Bertz CT molecular complexity index is 398. The number of nitrogens with zero attached hydrogens (tertiary/aromatic N) is 3. The monoisotopic (exact) mass is 256 g/mol. The summed E-state index contributed by atoms with van der Waals surface area (Å²) in [5, 5.41) is 14.2. The molecule has 0 saturated heterocycles. The first-order chi connectivity index (χ1) is 8.04. The molecule has 1 aromatic heterocycles. The molecular weight excluding hydrogens is 240 g/mol. The molecule has 0 aliphatic rings. The minimum Gasteiger partial charge on any atom is -0.354 e. The van der Waals surface area contributed by atoms with E-state index in [9.17, 15) is 10.1 Å². The molecule has 7 heteroatoms. The minimum absolute atomic E-state index is 0.0303. The second kappa shape index (κ2) is 6.39. The largest absolute Gasteiger partial charge is 0.354 e. The maximum absolute atomic E-state index is 10.8. The number of aromatic nitrogens is 2. The Morgan fingerprint density at radius 2 is 2.29 bits per heavy atom. The van der Waals surface area contributed by atoms with Gasteiger partial charge in [0.25, 0.3) is 0 Å². The van der Waals surface area contributed by atoms with Crippen LogP contribution in [-0.2, 0) is 0 Å². The molecule has 0 bridgehead atoms. The van der Waals surface area contributed by atoms with E-state index in [0.29, 0.717) is 23.4 Å². The van der Waals surface area contributed by atoms with E-state index in [4.69, 9.17) is 0 Å². The molecule has 0 aliphatic carbocycles. The molecule has 0 amide bonds. The molecule has 0 radical (unpaired) electrons. The SMILES string of the molecule is CCNc1ncc([N+](=O)[O-])c(SCC(C)C)n1. The molecule has 0 saturated carbocycles. The van der Waals surface area contributed by atoms with E-state index in [0.717, 1.165) is 5.75 Å². The first kappa shape index (κ1) is 13.7. The van der Waals surface area contributed by atoms with E-state index in [1.165, 1.54) is 18.0 Å². The zero-order valence-electron chi connectivity index (χ0n) is 10.1. The predicted molar refractivity (Wildman–Crippen MR) is 68.4 cm³/mol. The summed E-state index contributed by atoms with van der Waals surface area (Å²) in [5.41, 5.74) is -0.0303. The van der Waals surface area contributed by atoms with Crippen molar-refractivity contribution in [3.05, 3.63) is 16.3 Å². The summed E-state index contributed by atoms with van der Waals surface area (Å²) in [6.45, 7) is 6.73. The third-order valence-corrected chi connectivity index (χ3v) is 3.23. The minimum atomic E-state index is -0.446.